The lowest BCUT2D eigenvalue weighted by molar-refractivity contribution is 0.0740. The molecule has 3 aromatic rings. The van der Waals surface area contributed by atoms with Crippen LogP contribution in [0.15, 0.2) is 54.6 Å². The van der Waals surface area contributed by atoms with Crippen LogP contribution in [0.4, 0.5) is 5.69 Å². The van der Waals surface area contributed by atoms with Gasteiger partial charge in [0.2, 0.25) is 0 Å². The Morgan fingerprint density at radius 1 is 0.964 bits per heavy atom. The minimum Gasteiger partial charge on any atom is -0.368 e. The van der Waals surface area contributed by atoms with Crippen LogP contribution in [0, 0.1) is 18.3 Å². The number of hydrogen-bond donors (Lipinski definition) is 0. The monoisotopic (exact) mass is 372 g/mol. The Hall–Kier alpha value is -3.66. The number of carbonyl (C=O) groups excluding carboxylic acids is 1. The zero-order valence-corrected chi connectivity index (χ0v) is 15.6. The molecule has 1 amide bonds. The Kier molecular flexibility index (Phi) is 4.77. The normalized spacial score (nSPS) is 14.0. The van der Waals surface area contributed by atoms with E-state index < -0.39 is 0 Å². The van der Waals surface area contributed by atoms with Gasteiger partial charge in [0.05, 0.1) is 23.0 Å². The van der Waals surface area contributed by atoms with Gasteiger partial charge in [0.1, 0.15) is 0 Å². The average Bonchev–Trinajstić information content (AvgIpc) is 3.15. The van der Waals surface area contributed by atoms with Gasteiger partial charge >= 0.3 is 0 Å². The topological polar surface area (TPSA) is 78.1 Å². The van der Waals surface area contributed by atoms with Crippen molar-refractivity contribution in [1.29, 1.82) is 5.26 Å². The summed E-state index contributed by atoms with van der Waals surface area (Å²) in [5.41, 5.74) is 3.60. The van der Waals surface area contributed by atoms with E-state index in [-0.39, 0.29) is 5.91 Å². The third-order valence-electron chi connectivity index (χ3n) is 5.03. The van der Waals surface area contributed by atoms with E-state index in [4.69, 9.17) is 5.26 Å². The van der Waals surface area contributed by atoms with E-state index in [2.05, 4.69) is 33.4 Å². The standard InChI is InChI=1S/C21H20N6O/c1-16-20(23-24-27(16)19-9-7-17(15-22)8-10-19)21(28)26-13-11-25(12-14-26)18-5-3-2-4-6-18/h2-10H,11-14H2,1H3. The van der Waals surface area contributed by atoms with Crippen molar-refractivity contribution in [3.63, 3.8) is 0 Å². The van der Waals surface area contributed by atoms with E-state index >= 15 is 0 Å². The second-order valence-electron chi connectivity index (χ2n) is 6.71. The van der Waals surface area contributed by atoms with Crippen molar-refractivity contribution in [2.24, 2.45) is 0 Å². The number of para-hydroxylation sites is 1. The molecule has 2 heterocycles. The number of hydrogen-bond acceptors (Lipinski definition) is 5. The second kappa shape index (κ2) is 7.53. The van der Waals surface area contributed by atoms with Crippen LogP contribution in [0.5, 0.6) is 0 Å². The Morgan fingerprint density at radius 2 is 1.64 bits per heavy atom. The van der Waals surface area contributed by atoms with Gasteiger partial charge in [-0.1, -0.05) is 23.4 Å². The predicted octanol–water partition coefficient (Wildman–Crippen LogP) is 2.41. The zero-order valence-electron chi connectivity index (χ0n) is 15.6. The molecule has 1 saturated heterocycles. The molecule has 4 rings (SSSR count). The largest absolute Gasteiger partial charge is 0.368 e. The second-order valence-corrected chi connectivity index (χ2v) is 6.71. The average molecular weight is 372 g/mol. The number of rotatable bonds is 3. The quantitative estimate of drug-likeness (QED) is 0.705. The molecule has 0 saturated carbocycles. The number of piperazine rings is 1. The number of carbonyl (C=O) groups is 1. The summed E-state index contributed by atoms with van der Waals surface area (Å²) < 4.78 is 1.63. The van der Waals surface area contributed by atoms with Gasteiger partial charge in [-0.15, -0.1) is 5.10 Å². The third-order valence-corrected chi connectivity index (χ3v) is 5.03. The molecule has 0 spiro atoms. The maximum atomic E-state index is 13.0. The number of amides is 1. The summed E-state index contributed by atoms with van der Waals surface area (Å²) in [6, 6.07) is 19.4. The Bertz CT molecular complexity index is 1010. The molecule has 0 unspecified atom stereocenters. The molecule has 0 aliphatic carbocycles. The number of anilines is 1. The van der Waals surface area contributed by atoms with Gasteiger partial charge in [0, 0.05) is 31.9 Å². The van der Waals surface area contributed by atoms with Crippen molar-refractivity contribution in [3.8, 4) is 11.8 Å². The summed E-state index contributed by atoms with van der Waals surface area (Å²) >= 11 is 0. The highest BCUT2D eigenvalue weighted by atomic mass is 16.2. The Morgan fingerprint density at radius 3 is 2.29 bits per heavy atom. The molecular formula is C21H20N6O. The third kappa shape index (κ3) is 3.32. The van der Waals surface area contributed by atoms with Crippen molar-refractivity contribution < 1.29 is 4.79 Å². The van der Waals surface area contributed by atoms with Crippen LogP contribution in [-0.4, -0.2) is 52.0 Å². The van der Waals surface area contributed by atoms with Crippen molar-refractivity contribution in [2.45, 2.75) is 6.92 Å². The smallest absolute Gasteiger partial charge is 0.276 e. The summed E-state index contributed by atoms with van der Waals surface area (Å²) in [4.78, 5) is 17.1. The molecule has 0 N–H and O–H groups in total. The van der Waals surface area contributed by atoms with Gasteiger partial charge in [0.15, 0.2) is 5.69 Å². The summed E-state index contributed by atoms with van der Waals surface area (Å²) in [6.45, 7) is 4.72. The van der Waals surface area contributed by atoms with Gasteiger partial charge in [0.25, 0.3) is 5.91 Å². The Balaban J connectivity index is 1.47. The molecule has 1 aliphatic rings. The van der Waals surface area contributed by atoms with Crippen LogP contribution >= 0.6 is 0 Å². The van der Waals surface area contributed by atoms with Crippen LogP contribution in [0.3, 0.4) is 0 Å². The first-order valence-corrected chi connectivity index (χ1v) is 9.19. The molecule has 1 aliphatic heterocycles. The number of aromatic nitrogens is 3. The zero-order chi connectivity index (χ0) is 19.5. The fourth-order valence-electron chi connectivity index (χ4n) is 3.41. The van der Waals surface area contributed by atoms with Crippen LogP contribution in [-0.2, 0) is 0 Å². The highest BCUT2D eigenvalue weighted by molar-refractivity contribution is 5.93. The highest BCUT2D eigenvalue weighted by Crippen LogP contribution is 2.18. The predicted molar refractivity (Wildman–Crippen MR) is 105 cm³/mol. The fourth-order valence-corrected chi connectivity index (χ4v) is 3.41. The van der Waals surface area contributed by atoms with Gasteiger partial charge in [-0.2, -0.15) is 5.26 Å². The molecular weight excluding hydrogens is 352 g/mol. The van der Waals surface area contributed by atoms with Crippen molar-refractivity contribution >= 4 is 11.6 Å². The lowest BCUT2D eigenvalue weighted by Gasteiger charge is -2.35. The number of nitrogens with zero attached hydrogens (tertiary/aromatic N) is 6. The first-order chi connectivity index (χ1) is 13.7. The maximum Gasteiger partial charge on any atom is 0.276 e. The van der Waals surface area contributed by atoms with Crippen molar-refractivity contribution in [2.75, 3.05) is 31.1 Å². The Labute approximate surface area is 163 Å². The SMILES string of the molecule is Cc1c(C(=O)N2CCN(c3ccccc3)CC2)nnn1-c1ccc(C#N)cc1. The summed E-state index contributed by atoms with van der Waals surface area (Å²) in [5, 5.41) is 17.2. The molecule has 140 valence electrons. The van der Waals surface area contributed by atoms with E-state index in [0.29, 0.717) is 30.0 Å². The number of nitriles is 1. The van der Waals surface area contributed by atoms with Gasteiger partial charge in [-0.3, -0.25) is 4.79 Å². The molecule has 28 heavy (non-hydrogen) atoms. The van der Waals surface area contributed by atoms with E-state index in [1.54, 1.807) is 28.9 Å². The molecule has 1 fully saturated rings. The van der Waals surface area contributed by atoms with Gasteiger partial charge in [-0.05, 0) is 43.3 Å². The summed E-state index contributed by atoms with van der Waals surface area (Å²) in [5.74, 6) is -0.0925. The summed E-state index contributed by atoms with van der Waals surface area (Å²) in [6.07, 6.45) is 0. The minimum atomic E-state index is -0.0925. The molecule has 1 aromatic heterocycles. The van der Waals surface area contributed by atoms with E-state index in [0.717, 1.165) is 18.8 Å². The molecule has 7 nitrogen and oxygen atoms in total. The van der Waals surface area contributed by atoms with E-state index in [1.165, 1.54) is 5.69 Å². The number of benzene rings is 2. The van der Waals surface area contributed by atoms with E-state index in [9.17, 15) is 4.79 Å². The lowest BCUT2D eigenvalue weighted by atomic mass is 10.2. The fraction of sp³-hybridized carbons (Fsp3) is 0.238. The highest BCUT2D eigenvalue weighted by Gasteiger charge is 2.26. The van der Waals surface area contributed by atoms with Crippen LogP contribution < -0.4 is 4.90 Å². The first-order valence-electron chi connectivity index (χ1n) is 9.19. The molecule has 7 heteroatoms. The van der Waals surface area contributed by atoms with Crippen LogP contribution in [0.1, 0.15) is 21.7 Å². The van der Waals surface area contributed by atoms with Gasteiger partial charge < -0.3 is 9.80 Å². The molecule has 0 bridgehead atoms. The summed E-state index contributed by atoms with van der Waals surface area (Å²) in [7, 11) is 0. The minimum absolute atomic E-state index is 0.0925. The first kappa shape index (κ1) is 17.7. The van der Waals surface area contributed by atoms with Crippen molar-refractivity contribution in [1.82, 2.24) is 19.9 Å². The molecule has 0 radical (unpaired) electrons. The van der Waals surface area contributed by atoms with E-state index in [1.807, 2.05) is 30.0 Å². The van der Waals surface area contributed by atoms with Gasteiger partial charge in [-0.25, -0.2) is 4.68 Å². The lowest BCUT2D eigenvalue weighted by Crippen LogP contribution is -2.49. The molecule has 0 atom stereocenters. The molecule has 2 aromatic carbocycles. The van der Waals surface area contributed by atoms with Crippen LogP contribution in [0.25, 0.3) is 5.69 Å². The van der Waals surface area contributed by atoms with Crippen molar-refractivity contribution in [3.05, 3.63) is 71.5 Å². The maximum absolute atomic E-state index is 13.0. The van der Waals surface area contributed by atoms with Crippen LogP contribution in [0.2, 0.25) is 0 Å².